The Bertz CT molecular complexity index is 399. The lowest BCUT2D eigenvalue weighted by Crippen LogP contribution is -1.94. The third-order valence-electron chi connectivity index (χ3n) is 2.20. The number of aryl methyl sites for hydroxylation is 1. The maximum Gasteiger partial charge on any atom is 0.124 e. The second-order valence-corrected chi connectivity index (χ2v) is 4.70. The molecule has 0 saturated carbocycles. The summed E-state index contributed by atoms with van der Waals surface area (Å²) in [7, 11) is 0. The highest BCUT2D eigenvalue weighted by atomic mass is 32.2. The number of rotatable bonds is 5. The van der Waals surface area contributed by atoms with Crippen molar-refractivity contribution >= 4 is 18.0 Å². The van der Waals surface area contributed by atoms with Gasteiger partial charge in [0, 0.05) is 11.3 Å². The molecule has 0 aliphatic heterocycles. The molecule has 86 valence electrons. The van der Waals surface area contributed by atoms with Gasteiger partial charge in [-0.1, -0.05) is 36.9 Å². The van der Waals surface area contributed by atoms with Crippen molar-refractivity contribution in [3.8, 4) is 0 Å². The van der Waals surface area contributed by atoms with E-state index in [0.29, 0.717) is 6.42 Å². The van der Waals surface area contributed by atoms with Crippen LogP contribution in [0.2, 0.25) is 0 Å². The first-order chi connectivity index (χ1) is 7.67. The van der Waals surface area contributed by atoms with Gasteiger partial charge >= 0.3 is 0 Å². The number of carbonyl (C=O) groups is 1. The lowest BCUT2D eigenvalue weighted by Gasteiger charge is -2.07. The van der Waals surface area contributed by atoms with Gasteiger partial charge in [0.2, 0.25) is 0 Å². The highest BCUT2D eigenvalue weighted by molar-refractivity contribution is 8.03. The van der Waals surface area contributed by atoms with Crippen molar-refractivity contribution in [1.29, 1.82) is 0 Å². The van der Waals surface area contributed by atoms with E-state index in [2.05, 4.69) is 6.92 Å². The van der Waals surface area contributed by atoms with Crippen LogP contribution >= 0.6 is 11.8 Å². The normalized spacial score (nSPS) is 11.5. The minimum Gasteiger partial charge on any atom is -0.394 e. The van der Waals surface area contributed by atoms with Gasteiger partial charge in [0.25, 0.3) is 0 Å². The molecule has 0 saturated heterocycles. The van der Waals surface area contributed by atoms with Crippen LogP contribution in [0.4, 0.5) is 0 Å². The fraction of sp³-hybridized carbons (Fsp3) is 0.308. The minimum absolute atomic E-state index is 0.464. The predicted octanol–water partition coefficient (Wildman–Crippen LogP) is 3.04. The van der Waals surface area contributed by atoms with Gasteiger partial charge in [0.05, 0.1) is 5.03 Å². The van der Waals surface area contributed by atoms with E-state index in [4.69, 9.17) is 5.73 Å². The molecule has 1 aromatic carbocycles. The van der Waals surface area contributed by atoms with Gasteiger partial charge in [-0.15, -0.1) is 0 Å². The molecule has 16 heavy (non-hydrogen) atoms. The summed E-state index contributed by atoms with van der Waals surface area (Å²) in [5, 5.41) is 0.814. The van der Waals surface area contributed by atoms with Gasteiger partial charge in [-0.2, -0.15) is 0 Å². The van der Waals surface area contributed by atoms with Crippen LogP contribution in [0.25, 0.3) is 0 Å². The largest absolute Gasteiger partial charge is 0.394 e. The zero-order chi connectivity index (χ0) is 12.0. The summed E-state index contributed by atoms with van der Waals surface area (Å²) in [6.07, 6.45) is 4.32. The summed E-state index contributed by atoms with van der Waals surface area (Å²) in [5.41, 5.74) is 8.09. The Labute approximate surface area is 101 Å². The summed E-state index contributed by atoms with van der Waals surface area (Å²) in [4.78, 5) is 11.6. The van der Waals surface area contributed by atoms with Crippen LogP contribution in [0.3, 0.4) is 0 Å². The number of thioether (sulfide) groups is 1. The monoisotopic (exact) mass is 235 g/mol. The molecule has 0 fully saturated rings. The van der Waals surface area contributed by atoms with Crippen LogP contribution in [0, 0.1) is 6.92 Å². The number of nitrogens with two attached hydrogens (primary N) is 1. The first-order valence-corrected chi connectivity index (χ1v) is 6.15. The van der Waals surface area contributed by atoms with Crippen LogP contribution in [0.5, 0.6) is 0 Å². The van der Waals surface area contributed by atoms with E-state index in [1.807, 2.05) is 31.2 Å². The Hall–Kier alpha value is -1.22. The Morgan fingerprint density at radius 2 is 2.25 bits per heavy atom. The second kappa shape index (κ2) is 6.38. The molecule has 0 bridgehead atoms. The Kier molecular flexibility index (Phi) is 5.12. The summed E-state index contributed by atoms with van der Waals surface area (Å²) in [6.45, 7) is 4.11. The highest BCUT2D eigenvalue weighted by Gasteiger charge is 2.02. The Morgan fingerprint density at radius 1 is 1.50 bits per heavy atom. The highest BCUT2D eigenvalue weighted by Crippen LogP contribution is 2.27. The molecule has 0 radical (unpaired) electrons. The molecule has 0 atom stereocenters. The number of hydrogen-bond acceptors (Lipinski definition) is 3. The fourth-order valence-electron chi connectivity index (χ4n) is 1.35. The van der Waals surface area contributed by atoms with E-state index in [1.165, 1.54) is 5.56 Å². The second-order valence-electron chi connectivity index (χ2n) is 3.59. The number of carbonyl (C=O) groups excluding carboxylic acids is 1. The first-order valence-electron chi connectivity index (χ1n) is 5.34. The molecular weight excluding hydrogens is 218 g/mol. The molecule has 0 aromatic heterocycles. The van der Waals surface area contributed by atoms with Gasteiger partial charge < -0.3 is 10.5 Å². The third-order valence-corrected chi connectivity index (χ3v) is 3.27. The minimum atomic E-state index is 0.464. The molecule has 0 amide bonds. The van der Waals surface area contributed by atoms with Crippen LogP contribution in [0.15, 0.2) is 34.2 Å². The topological polar surface area (TPSA) is 43.1 Å². The van der Waals surface area contributed by atoms with Crippen molar-refractivity contribution in [2.45, 2.75) is 31.6 Å². The quantitative estimate of drug-likeness (QED) is 0.630. The summed E-state index contributed by atoms with van der Waals surface area (Å²) in [5.74, 6) is 0. The summed E-state index contributed by atoms with van der Waals surface area (Å²) in [6, 6.07) is 6.04. The standard InChI is InChI=1S/C13H17NOS/c1-3-4-13(14)16-12-9-11(7-8-15)6-5-10(12)2/h4-6,8-9H,3,7,14H2,1-2H3/b13-4+. The Morgan fingerprint density at radius 3 is 2.88 bits per heavy atom. The van der Waals surface area contributed by atoms with Crippen LogP contribution in [-0.2, 0) is 11.2 Å². The first kappa shape index (κ1) is 12.8. The maximum absolute atomic E-state index is 10.5. The van der Waals surface area contributed by atoms with Crippen molar-refractivity contribution < 1.29 is 4.79 Å². The van der Waals surface area contributed by atoms with E-state index < -0.39 is 0 Å². The van der Waals surface area contributed by atoms with Gasteiger partial charge in [-0.25, -0.2) is 0 Å². The molecule has 0 spiro atoms. The molecule has 0 heterocycles. The van der Waals surface area contributed by atoms with Crippen molar-refractivity contribution in [2.75, 3.05) is 0 Å². The van der Waals surface area contributed by atoms with Gasteiger partial charge in [0.1, 0.15) is 6.29 Å². The lowest BCUT2D eigenvalue weighted by atomic mass is 10.1. The van der Waals surface area contributed by atoms with E-state index in [-0.39, 0.29) is 0 Å². The number of hydrogen-bond donors (Lipinski definition) is 1. The zero-order valence-corrected chi connectivity index (χ0v) is 10.5. The average molecular weight is 235 g/mol. The fourth-order valence-corrected chi connectivity index (χ4v) is 2.29. The Balaban J connectivity index is 2.89. The van der Waals surface area contributed by atoms with Crippen molar-refractivity contribution in [2.24, 2.45) is 5.73 Å². The molecule has 0 unspecified atom stereocenters. The van der Waals surface area contributed by atoms with Crippen LogP contribution < -0.4 is 5.73 Å². The van der Waals surface area contributed by atoms with Crippen molar-refractivity contribution in [3.63, 3.8) is 0 Å². The number of benzene rings is 1. The predicted molar refractivity (Wildman–Crippen MR) is 69.4 cm³/mol. The van der Waals surface area contributed by atoms with Gasteiger partial charge in [-0.3, -0.25) is 0 Å². The maximum atomic E-state index is 10.5. The van der Waals surface area contributed by atoms with Crippen LogP contribution in [0.1, 0.15) is 24.5 Å². The van der Waals surface area contributed by atoms with E-state index in [9.17, 15) is 4.79 Å². The summed E-state index contributed by atoms with van der Waals surface area (Å²) >= 11 is 1.56. The van der Waals surface area contributed by atoms with Crippen molar-refractivity contribution in [1.82, 2.24) is 0 Å². The van der Waals surface area contributed by atoms with Crippen molar-refractivity contribution in [3.05, 3.63) is 40.4 Å². The molecule has 1 aromatic rings. The molecule has 2 nitrogen and oxygen atoms in total. The molecule has 3 heteroatoms. The third kappa shape index (κ3) is 3.74. The molecule has 0 aliphatic carbocycles. The number of allylic oxidation sites excluding steroid dienone is 1. The molecule has 1 rings (SSSR count). The average Bonchev–Trinajstić information content (AvgIpc) is 2.24. The zero-order valence-electron chi connectivity index (χ0n) is 9.69. The van der Waals surface area contributed by atoms with Gasteiger partial charge in [0.15, 0.2) is 0 Å². The molecular formula is C13H17NOS. The van der Waals surface area contributed by atoms with Gasteiger partial charge in [-0.05, 0) is 30.5 Å². The molecule has 0 aliphatic rings. The number of aldehydes is 1. The smallest absolute Gasteiger partial charge is 0.124 e. The SMILES string of the molecule is CC/C=C(\N)Sc1cc(CC=O)ccc1C. The molecule has 2 N–H and O–H groups in total. The lowest BCUT2D eigenvalue weighted by molar-refractivity contribution is -0.107. The van der Waals surface area contributed by atoms with E-state index >= 15 is 0 Å². The van der Waals surface area contributed by atoms with E-state index in [0.717, 1.165) is 28.2 Å². The van der Waals surface area contributed by atoms with E-state index in [1.54, 1.807) is 11.8 Å². The van der Waals surface area contributed by atoms with Crippen LogP contribution in [-0.4, -0.2) is 6.29 Å². The summed E-state index contributed by atoms with van der Waals surface area (Å²) < 4.78 is 0.